The van der Waals surface area contributed by atoms with Crippen molar-refractivity contribution in [2.75, 3.05) is 23.3 Å². The van der Waals surface area contributed by atoms with Gasteiger partial charge in [-0.25, -0.2) is 9.18 Å². The minimum Gasteiger partial charge on any atom is -0.442 e. The Bertz CT molecular complexity index is 973. The van der Waals surface area contributed by atoms with Gasteiger partial charge in [0, 0.05) is 11.3 Å². The van der Waals surface area contributed by atoms with Crippen LogP contribution in [0.5, 0.6) is 0 Å². The number of amides is 1. The van der Waals surface area contributed by atoms with Crippen LogP contribution in [0.15, 0.2) is 53.8 Å². The van der Waals surface area contributed by atoms with Gasteiger partial charge in [-0.3, -0.25) is 9.69 Å². The van der Waals surface area contributed by atoms with Crippen LogP contribution in [-0.2, 0) is 9.53 Å². The zero-order valence-electron chi connectivity index (χ0n) is 16.5. The van der Waals surface area contributed by atoms with Crippen LogP contribution in [0.1, 0.15) is 13.8 Å². The van der Waals surface area contributed by atoms with Crippen molar-refractivity contribution in [3.8, 4) is 0 Å². The van der Waals surface area contributed by atoms with E-state index < -0.39 is 24.1 Å². The topological polar surface area (TPSA) is 90.9 Å². The lowest BCUT2D eigenvalue weighted by atomic mass is 10.1. The number of ether oxygens (including phenoxy) is 1. The number of aliphatic hydroxyl groups is 1. The van der Waals surface area contributed by atoms with Crippen molar-refractivity contribution in [1.82, 2.24) is 5.32 Å². The van der Waals surface area contributed by atoms with Crippen molar-refractivity contribution < 1.29 is 23.8 Å². The normalized spacial score (nSPS) is 20.8. The fraction of sp³-hybridized carbons (Fsp3) is 0.286. The van der Waals surface area contributed by atoms with Gasteiger partial charge in [-0.2, -0.15) is 0 Å². The summed E-state index contributed by atoms with van der Waals surface area (Å²) >= 11 is 4.95. The van der Waals surface area contributed by atoms with E-state index in [0.29, 0.717) is 28.5 Å². The number of hydrogen-bond acceptors (Lipinski definition) is 6. The van der Waals surface area contributed by atoms with Crippen molar-refractivity contribution in [3.63, 3.8) is 0 Å². The molecule has 2 aliphatic rings. The maximum Gasteiger partial charge on any atom is 0.414 e. The second-order valence-electron chi connectivity index (χ2n) is 6.95. The Hall–Kier alpha value is -3.04. The smallest absolute Gasteiger partial charge is 0.414 e. The molecule has 1 heterocycles. The average molecular weight is 431 g/mol. The first-order chi connectivity index (χ1) is 14.2. The molecule has 3 N–H and O–H groups in total. The standard InChI is InChI=1S/C21H22FN3O4S/c1-12(26)14-4-3-5-19(20(27)8-14)24-18-7-6-15(9-17(18)22)25-11-16(29-21(25)28)10-23-13(2)30/h3-9,16,20,24,27H,10-11H2,1-2H3,(H,23,30)/t16-,20?/m0/s1. The minimum absolute atomic E-state index is 0.124. The van der Waals surface area contributed by atoms with Crippen molar-refractivity contribution >= 4 is 40.5 Å². The van der Waals surface area contributed by atoms with Crippen molar-refractivity contribution in [3.05, 3.63) is 59.6 Å². The molecular formula is C21H22FN3O4S. The Morgan fingerprint density at radius 2 is 2.17 bits per heavy atom. The number of halogens is 1. The zero-order valence-corrected chi connectivity index (χ0v) is 17.3. The number of thiocarbonyl (C=S) groups is 1. The molecule has 3 rings (SSSR count). The maximum absolute atomic E-state index is 14.7. The van der Waals surface area contributed by atoms with Crippen LogP contribution in [0, 0.1) is 5.82 Å². The first-order valence-corrected chi connectivity index (χ1v) is 9.73. The number of allylic oxidation sites excluding steroid dienone is 4. The van der Waals surface area contributed by atoms with Gasteiger partial charge < -0.3 is 20.5 Å². The van der Waals surface area contributed by atoms with Crippen LogP contribution < -0.4 is 15.5 Å². The first-order valence-electron chi connectivity index (χ1n) is 9.33. The fourth-order valence-electron chi connectivity index (χ4n) is 3.04. The highest BCUT2D eigenvalue weighted by Crippen LogP contribution is 2.27. The summed E-state index contributed by atoms with van der Waals surface area (Å²) in [6.07, 6.45) is 4.11. The Morgan fingerprint density at radius 1 is 1.40 bits per heavy atom. The largest absolute Gasteiger partial charge is 0.442 e. The molecule has 1 unspecified atom stereocenters. The molecule has 9 heteroatoms. The van der Waals surface area contributed by atoms with Gasteiger partial charge in [-0.05, 0) is 44.2 Å². The summed E-state index contributed by atoms with van der Waals surface area (Å²) in [5.41, 5.74) is 1.17. The zero-order chi connectivity index (χ0) is 21.8. The summed E-state index contributed by atoms with van der Waals surface area (Å²) in [5, 5.41) is 16.1. The molecule has 0 radical (unpaired) electrons. The highest BCUT2D eigenvalue weighted by Gasteiger charge is 2.32. The molecular weight excluding hydrogens is 409 g/mol. The predicted molar refractivity (Wildman–Crippen MR) is 116 cm³/mol. The van der Waals surface area contributed by atoms with E-state index in [-0.39, 0.29) is 18.0 Å². The van der Waals surface area contributed by atoms with Crippen LogP contribution >= 0.6 is 12.2 Å². The number of nitrogens with zero attached hydrogens (tertiary/aromatic N) is 1. The van der Waals surface area contributed by atoms with Crippen molar-refractivity contribution in [2.45, 2.75) is 26.1 Å². The highest BCUT2D eigenvalue weighted by atomic mass is 32.1. The van der Waals surface area contributed by atoms with E-state index >= 15 is 0 Å². The van der Waals surface area contributed by atoms with Crippen molar-refractivity contribution in [2.24, 2.45) is 0 Å². The number of hydrogen-bond donors (Lipinski definition) is 3. The van der Waals surface area contributed by atoms with Gasteiger partial charge in [0.25, 0.3) is 0 Å². The number of ketones is 1. The molecule has 30 heavy (non-hydrogen) atoms. The van der Waals surface area contributed by atoms with E-state index in [4.69, 9.17) is 17.0 Å². The van der Waals surface area contributed by atoms with E-state index in [1.165, 1.54) is 30.0 Å². The molecule has 158 valence electrons. The summed E-state index contributed by atoms with van der Waals surface area (Å²) in [7, 11) is 0. The van der Waals surface area contributed by atoms with Crippen LogP contribution in [0.3, 0.4) is 0 Å². The molecule has 1 saturated heterocycles. The maximum atomic E-state index is 14.7. The summed E-state index contributed by atoms with van der Waals surface area (Å²) in [6, 6.07) is 4.28. The Kier molecular flexibility index (Phi) is 6.63. The van der Waals surface area contributed by atoms with Gasteiger partial charge in [0.2, 0.25) is 0 Å². The van der Waals surface area contributed by atoms with E-state index in [9.17, 15) is 19.1 Å². The lowest BCUT2D eigenvalue weighted by Crippen LogP contribution is -2.32. The van der Waals surface area contributed by atoms with Crippen LogP contribution in [0.2, 0.25) is 0 Å². The lowest BCUT2D eigenvalue weighted by Gasteiger charge is -2.17. The van der Waals surface area contributed by atoms with Crippen molar-refractivity contribution in [1.29, 1.82) is 0 Å². The number of Topliss-reactive ketones (excluding diaryl/α,β-unsaturated/α-hetero) is 1. The first kappa shape index (κ1) is 21.7. The molecule has 1 amide bonds. The predicted octanol–water partition coefficient (Wildman–Crippen LogP) is 2.83. The SMILES string of the molecule is CC(=O)C1=CC(O)C(Nc2ccc(N3C[C@H](CNC(C)=S)OC3=O)cc2F)=CC=C1. The third kappa shape index (κ3) is 5.11. The van der Waals surface area contributed by atoms with Gasteiger partial charge in [0.1, 0.15) is 18.0 Å². The molecule has 0 bridgehead atoms. The van der Waals surface area contributed by atoms with Gasteiger partial charge in [0.05, 0.1) is 29.5 Å². The Balaban J connectivity index is 1.71. The molecule has 1 aromatic rings. The monoisotopic (exact) mass is 431 g/mol. The number of cyclic esters (lactones) is 1. The van der Waals surface area contributed by atoms with Gasteiger partial charge in [0.15, 0.2) is 5.78 Å². The van der Waals surface area contributed by atoms with Crippen LogP contribution in [0.25, 0.3) is 0 Å². The number of carbonyl (C=O) groups excluding carboxylic acids is 2. The number of benzene rings is 1. The molecule has 0 saturated carbocycles. The fourth-order valence-corrected chi connectivity index (χ4v) is 3.13. The second kappa shape index (κ2) is 9.19. The molecule has 1 fully saturated rings. The van der Waals surface area contributed by atoms with E-state index in [1.54, 1.807) is 31.2 Å². The molecule has 0 aromatic heterocycles. The minimum atomic E-state index is -1.09. The van der Waals surface area contributed by atoms with E-state index in [0.717, 1.165) is 0 Å². The third-order valence-electron chi connectivity index (χ3n) is 4.61. The van der Waals surface area contributed by atoms with E-state index in [2.05, 4.69) is 10.6 Å². The number of nitrogens with one attached hydrogen (secondary N) is 2. The van der Waals surface area contributed by atoms with Crippen LogP contribution in [0.4, 0.5) is 20.6 Å². The highest BCUT2D eigenvalue weighted by molar-refractivity contribution is 7.80. The summed E-state index contributed by atoms with van der Waals surface area (Å²) in [4.78, 5) is 25.6. The summed E-state index contributed by atoms with van der Waals surface area (Å²) in [6.45, 7) is 3.79. The van der Waals surface area contributed by atoms with Gasteiger partial charge in [-0.15, -0.1) is 0 Å². The Morgan fingerprint density at radius 3 is 2.83 bits per heavy atom. The molecule has 2 atom stereocenters. The second-order valence-corrected chi connectivity index (χ2v) is 7.56. The molecule has 1 aliphatic carbocycles. The molecule has 1 aliphatic heterocycles. The summed E-state index contributed by atoms with van der Waals surface area (Å²) < 4.78 is 20.0. The van der Waals surface area contributed by atoms with Gasteiger partial charge >= 0.3 is 6.09 Å². The summed E-state index contributed by atoms with van der Waals surface area (Å²) in [5.74, 6) is -0.782. The number of rotatable bonds is 6. The molecule has 7 nitrogen and oxygen atoms in total. The molecule has 1 aromatic carbocycles. The van der Waals surface area contributed by atoms with Crippen LogP contribution in [-0.4, -0.2) is 47.3 Å². The van der Waals surface area contributed by atoms with E-state index in [1.807, 2.05) is 0 Å². The third-order valence-corrected chi connectivity index (χ3v) is 4.75. The number of aliphatic hydroxyl groups excluding tert-OH is 1. The number of carbonyl (C=O) groups is 2. The molecule has 0 spiro atoms. The Labute approximate surface area is 178 Å². The quantitative estimate of drug-likeness (QED) is 0.597. The lowest BCUT2D eigenvalue weighted by molar-refractivity contribution is -0.113. The number of anilines is 2. The average Bonchev–Trinajstić information content (AvgIpc) is 2.95. The van der Waals surface area contributed by atoms with Gasteiger partial charge in [-0.1, -0.05) is 24.4 Å².